The van der Waals surface area contributed by atoms with Crippen LogP contribution in [0.3, 0.4) is 0 Å². The molecule has 110 valence electrons. The molecule has 0 aliphatic heterocycles. The van der Waals surface area contributed by atoms with Gasteiger partial charge in [-0.25, -0.2) is 4.79 Å². The second-order valence-corrected chi connectivity index (χ2v) is 5.31. The first-order valence-electron chi connectivity index (χ1n) is 6.95. The zero-order chi connectivity index (χ0) is 15.7. The Hall–Kier alpha value is -2.88. The van der Waals surface area contributed by atoms with Crippen molar-refractivity contribution in [3.05, 3.63) is 82.6 Å². The predicted octanol–water partition coefficient (Wildman–Crippen LogP) is 2.85. The molecular formula is C18H15NO3. The number of benzene rings is 2. The average Bonchev–Trinajstić information content (AvgIpc) is 2.54. The summed E-state index contributed by atoms with van der Waals surface area (Å²) < 4.78 is 1.35. The van der Waals surface area contributed by atoms with Gasteiger partial charge in [0, 0.05) is 6.07 Å². The standard InChI is InChI=1S/C18H15NO3/c1-18(17(21)22,14-8-3-2-4-9-14)19-15-10-6-5-7-13(15)11-12-16(19)20/h2-12H,1H3,(H,21,22). The van der Waals surface area contributed by atoms with E-state index in [1.807, 2.05) is 18.2 Å². The Morgan fingerprint density at radius 1 is 0.955 bits per heavy atom. The molecule has 0 fully saturated rings. The van der Waals surface area contributed by atoms with Gasteiger partial charge in [-0.1, -0.05) is 48.5 Å². The fourth-order valence-electron chi connectivity index (χ4n) is 2.76. The fraction of sp³-hybridized carbons (Fsp3) is 0.111. The average molecular weight is 293 g/mol. The predicted molar refractivity (Wildman–Crippen MR) is 85.0 cm³/mol. The first-order valence-corrected chi connectivity index (χ1v) is 6.95. The molecule has 0 aliphatic carbocycles. The molecule has 2 aromatic carbocycles. The zero-order valence-electron chi connectivity index (χ0n) is 12.1. The summed E-state index contributed by atoms with van der Waals surface area (Å²) in [6.07, 6.45) is 0. The second-order valence-electron chi connectivity index (χ2n) is 5.31. The molecule has 0 saturated heterocycles. The number of rotatable bonds is 3. The van der Waals surface area contributed by atoms with Crippen LogP contribution in [-0.2, 0) is 10.3 Å². The van der Waals surface area contributed by atoms with Gasteiger partial charge in [-0.3, -0.25) is 9.36 Å². The minimum atomic E-state index is -1.47. The van der Waals surface area contributed by atoms with Crippen LogP contribution >= 0.6 is 0 Å². The minimum absolute atomic E-state index is 0.340. The number of para-hydroxylation sites is 1. The summed E-state index contributed by atoms with van der Waals surface area (Å²) in [7, 11) is 0. The molecule has 1 N–H and O–H groups in total. The van der Waals surface area contributed by atoms with Gasteiger partial charge in [-0.05, 0) is 30.0 Å². The van der Waals surface area contributed by atoms with Crippen LogP contribution in [0.15, 0.2) is 71.5 Å². The van der Waals surface area contributed by atoms with E-state index < -0.39 is 11.5 Å². The molecule has 0 amide bonds. The topological polar surface area (TPSA) is 59.3 Å². The smallest absolute Gasteiger partial charge is 0.334 e. The first kappa shape index (κ1) is 14.1. The van der Waals surface area contributed by atoms with Crippen molar-refractivity contribution in [1.29, 1.82) is 0 Å². The van der Waals surface area contributed by atoms with E-state index in [-0.39, 0.29) is 5.56 Å². The molecule has 3 rings (SSSR count). The summed E-state index contributed by atoms with van der Waals surface area (Å²) in [5.74, 6) is -1.07. The minimum Gasteiger partial charge on any atom is -0.479 e. The third kappa shape index (κ3) is 2.00. The molecule has 4 nitrogen and oxygen atoms in total. The molecule has 0 spiro atoms. The van der Waals surface area contributed by atoms with Crippen molar-refractivity contribution in [3.8, 4) is 0 Å². The number of aromatic nitrogens is 1. The molecule has 0 aliphatic rings. The van der Waals surface area contributed by atoms with Gasteiger partial charge in [0.05, 0.1) is 5.52 Å². The Labute approximate surface area is 127 Å². The van der Waals surface area contributed by atoms with Gasteiger partial charge in [0.1, 0.15) is 0 Å². The van der Waals surface area contributed by atoms with Gasteiger partial charge < -0.3 is 5.11 Å². The van der Waals surface area contributed by atoms with Crippen molar-refractivity contribution in [3.63, 3.8) is 0 Å². The zero-order valence-corrected chi connectivity index (χ0v) is 12.1. The van der Waals surface area contributed by atoms with Crippen molar-refractivity contribution in [2.24, 2.45) is 0 Å². The summed E-state index contributed by atoms with van der Waals surface area (Å²) >= 11 is 0. The van der Waals surface area contributed by atoms with Crippen molar-refractivity contribution in [2.45, 2.75) is 12.5 Å². The number of carboxylic acids is 1. The molecule has 0 bridgehead atoms. The van der Waals surface area contributed by atoms with Gasteiger partial charge >= 0.3 is 5.97 Å². The van der Waals surface area contributed by atoms with E-state index in [4.69, 9.17) is 0 Å². The monoisotopic (exact) mass is 293 g/mol. The van der Waals surface area contributed by atoms with Crippen molar-refractivity contribution in [1.82, 2.24) is 4.57 Å². The number of aliphatic carboxylic acids is 1. The lowest BCUT2D eigenvalue weighted by atomic mass is 9.91. The maximum atomic E-state index is 12.5. The lowest BCUT2D eigenvalue weighted by Gasteiger charge is -2.29. The van der Waals surface area contributed by atoms with Crippen LogP contribution in [0.25, 0.3) is 10.9 Å². The maximum absolute atomic E-state index is 12.5. The van der Waals surface area contributed by atoms with Crippen LogP contribution in [0.2, 0.25) is 0 Å². The van der Waals surface area contributed by atoms with E-state index in [2.05, 4.69) is 0 Å². The largest absolute Gasteiger partial charge is 0.479 e. The summed E-state index contributed by atoms with van der Waals surface area (Å²) in [5.41, 5.74) is -0.656. The Bertz CT molecular complexity index is 899. The number of fused-ring (bicyclic) bond motifs is 1. The summed E-state index contributed by atoms with van der Waals surface area (Å²) in [5, 5.41) is 10.7. The number of pyridine rings is 1. The highest BCUT2D eigenvalue weighted by molar-refractivity contribution is 5.86. The van der Waals surface area contributed by atoms with Crippen molar-refractivity contribution in [2.75, 3.05) is 0 Å². The second kappa shape index (κ2) is 5.15. The Morgan fingerprint density at radius 3 is 2.27 bits per heavy atom. The molecule has 1 atom stereocenters. The van der Waals surface area contributed by atoms with Crippen LogP contribution in [0, 0.1) is 0 Å². The van der Waals surface area contributed by atoms with Crippen molar-refractivity contribution < 1.29 is 9.90 Å². The maximum Gasteiger partial charge on any atom is 0.334 e. The molecule has 0 radical (unpaired) electrons. The van der Waals surface area contributed by atoms with E-state index in [1.54, 1.807) is 49.4 Å². The molecule has 0 saturated carbocycles. The fourth-order valence-corrected chi connectivity index (χ4v) is 2.76. The molecule has 4 heteroatoms. The Kier molecular flexibility index (Phi) is 3.29. The van der Waals surface area contributed by atoms with Crippen LogP contribution in [0.5, 0.6) is 0 Å². The Balaban J connectivity index is 2.43. The molecule has 1 heterocycles. The quantitative estimate of drug-likeness (QED) is 0.807. The SMILES string of the molecule is CC(C(=O)O)(c1ccccc1)n1c(=O)ccc2ccccc21. The van der Waals surface area contributed by atoms with Gasteiger partial charge in [0.15, 0.2) is 5.54 Å². The summed E-state index contributed by atoms with van der Waals surface area (Å²) in [4.78, 5) is 24.5. The number of nitrogens with zero attached hydrogens (tertiary/aromatic N) is 1. The summed E-state index contributed by atoms with van der Waals surface area (Å²) in [6.45, 7) is 1.55. The first-order chi connectivity index (χ1) is 10.5. The highest BCUT2D eigenvalue weighted by atomic mass is 16.4. The number of carbonyl (C=O) groups is 1. The number of hydrogen-bond acceptors (Lipinski definition) is 2. The molecular weight excluding hydrogens is 278 g/mol. The third-order valence-electron chi connectivity index (χ3n) is 4.00. The molecule has 1 unspecified atom stereocenters. The van der Waals surface area contributed by atoms with Crippen LogP contribution in [0.1, 0.15) is 12.5 Å². The van der Waals surface area contributed by atoms with Gasteiger partial charge in [0.25, 0.3) is 5.56 Å². The number of carboxylic acid groups (broad SMARTS) is 1. The Morgan fingerprint density at radius 2 is 1.59 bits per heavy atom. The van der Waals surface area contributed by atoms with Gasteiger partial charge in [-0.2, -0.15) is 0 Å². The highest BCUT2D eigenvalue weighted by Gasteiger charge is 2.38. The van der Waals surface area contributed by atoms with Gasteiger partial charge in [0.2, 0.25) is 0 Å². The third-order valence-corrected chi connectivity index (χ3v) is 4.00. The van der Waals surface area contributed by atoms with Crippen LogP contribution in [0.4, 0.5) is 0 Å². The highest BCUT2D eigenvalue weighted by Crippen LogP contribution is 2.28. The van der Waals surface area contributed by atoms with E-state index in [0.717, 1.165) is 5.39 Å². The lowest BCUT2D eigenvalue weighted by molar-refractivity contribution is -0.144. The molecule has 3 aromatic rings. The van der Waals surface area contributed by atoms with E-state index in [9.17, 15) is 14.7 Å². The molecule has 1 aromatic heterocycles. The summed E-state index contributed by atoms with van der Waals surface area (Å²) in [6, 6.07) is 19.2. The van der Waals surface area contributed by atoms with Gasteiger partial charge in [-0.15, -0.1) is 0 Å². The lowest BCUT2D eigenvalue weighted by Crippen LogP contribution is -2.46. The van der Waals surface area contributed by atoms with E-state index in [1.165, 1.54) is 10.6 Å². The van der Waals surface area contributed by atoms with Crippen molar-refractivity contribution >= 4 is 16.9 Å². The van der Waals surface area contributed by atoms with Crippen LogP contribution in [-0.4, -0.2) is 15.6 Å². The normalized spacial score (nSPS) is 13.7. The number of hydrogen-bond donors (Lipinski definition) is 1. The van der Waals surface area contributed by atoms with Crippen LogP contribution < -0.4 is 5.56 Å². The van der Waals surface area contributed by atoms with E-state index >= 15 is 0 Å². The molecule has 22 heavy (non-hydrogen) atoms. The van der Waals surface area contributed by atoms with E-state index in [0.29, 0.717) is 11.1 Å².